The Bertz CT molecular complexity index is 593. The number of amides is 2. The van der Waals surface area contributed by atoms with Crippen molar-refractivity contribution in [1.29, 1.82) is 0 Å². The molecule has 0 heterocycles. The highest BCUT2D eigenvalue weighted by Gasteiger charge is 2.18. The number of benzene rings is 1. The van der Waals surface area contributed by atoms with Gasteiger partial charge in [-0.3, -0.25) is 9.59 Å². The van der Waals surface area contributed by atoms with Crippen LogP contribution in [0.5, 0.6) is 0 Å². The van der Waals surface area contributed by atoms with E-state index in [0.29, 0.717) is 18.1 Å². The lowest BCUT2D eigenvalue weighted by molar-refractivity contribution is -0.138. The van der Waals surface area contributed by atoms with E-state index in [1.807, 2.05) is 0 Å². The Morgan fingerprint density at radius 2 is 1.87 bits per heavy atom. The molecular formula is C15H18Cl2N2O4. The van der Waals surface area contributed by atoms with E-state index in [1.54, 1.807) is 13.8 Å². The molecule has 0 aromatic heterocycles. The molecule has 1 aromatic carbocycles. The minimum Gasteiger partial charge on any atom is -0.452 e. The van der Waals surface area contributed by atoms with E-state index in [-0.39, 0.29) is 23.0 Å². The van der Waals surface area contributed by atoms with E-state index < -0.39 is 18.5 Å². The first-order valence-electron chi connectivity index (χ1n) is 7.05. The fourth-order valence-electron chi connectivity index (χ4n) is 1.73. The molecule has 0 bridgehead atoms. The number of halogens is 2. The molecule has 0 fully saturated rings. The predicted molar refractivity (Wildman–Crippen MR) is 87.7 cm³/mol. The van der Waals surface area contributed by atoms with Gasteiger partial charge in [0.05, 0.1) is 22.2 Å². The summed E-state index contributed by atoms with van der Waals surface area (Å²) in [6.07, 6.45) is 0. The van der Waals surface area contributed by atoms with Crippen molar-refractivity contribution < 1.29 is 19.1 Å². The molecular weight excluding hydrogens is 343 g/mol. The van der Waals surface area contributed by atoms with Crippen molar-refractivity contribution in [2.45, 2.75) is 13.8 Å². The molecule has 0 aliphatic rings. The summed E-state index contributed by atoms with van der Waals surface area (Å²) in [5.74, 6) is -1.41. The highest BCUT2D eigenvalue weighted by atomic mass is 35.5. The molecule has 0 radical (unpaired) electrons. The Morgan fingerprint density at radius 3 is 2.43 bits per heavy atom. The Labute approximate surface area is 144 Å². The zero-order chi connectivity index (χ0) is 17.4. The normalized spacial score (nSPS) is 10.1. The number of hydrogen-bond acceptors (Lipinski definition) is 4. The standard InChI is InChI=1S/C15H18Cl2N2O4/c1-3-18-13(20)8-19(4-2)14(21)9-23-15(22)10-5-6-11(16)12(17)7-10/h5-7H,3-4,8-9H2,1-2H3,(H,18,20). The maximum atomic E-state index is 12.0. The molecule has 0 saturated carbocycles. The first-order valence-corrected chi connectivity index (χ1v) is 7.81. The molecule has 0 spiro atoms. The Kier molecular flexibility index (Phi) is 7.85. The summed E-state index contributed by atoms with van der Waals surface area (Å²) in [5, 5.41) is 3.14. The molecule has 0 saturated heterocycles. The second kappa shape index (κ2) is 9.37. The number of hydrogen-bond donors (Lipinski definition) is 1. The van der Waals surface area contributed by atoms with Crippen LogP contribution >= 0.6 is 23.2 Å². The summed E-state index contributed by atoms with van der Waals surface area (Å²) in [4.78, 5) is 36.7. The summed E-state index contributed by atoms with van der Waals surface area (Å²) in [6, 6.07) is 4.28. The molecule has 2 amide bonds. The van der Waals surface area contributed by atoms with Crippen LogP contribution < -0.4 is 5.32 Å². The highest BCUT2D eigenvalue weighted by Crippen LogP contribution is 2.22. The SMILES string of the molecule is CCNC(=O)CN(CC)C(=O)COC(=O)c1ccc(Cl)c(Cl)c1. The summed E-state index contributed by atoms with van der Waals surface area (Å²) < 4.78 is 4.95. The summed E-state index contributed by atoms with van der Waals surface area (Å²) in [5.41, 5.74) is 0.193. The number of rotatable bonds is 7. The first-order chi connectivity index (χ1) is 10.9. The zero-order valence-electron chi connectivity index (χ0n) is 12.9. The fraction of sp³-hybridized carbons (Fsp3) is 0.400. The van der Waals surface area contributed by atoms with Crippen LogP contribution in [0.2, 0.25) is 10.0 Å². The van der Waals surface area contributed by atoms with Crippen molar-refractivity contribution >= 4 is 41.0 Å². The number of esters is 1. The molecule has 0 atom stereocenters. The topological polar surface area (TPSA) is 75.7 Å². The quantitative estimate of drug-likeness (QED) is 0.755. The van der Waals surface area contributed by atoms with Gasteiger partial charge in [-0.15, -0.1) is 0 Å². The number of carbonyl (C=O) groups is 3. The minimum atomic E-state index is -0.689. The van der Waals surface area contributed by atoms with E-state index >= 15 is 0 Å². The Morgan fingerprint density at radius 1 is 1.17 bits per heavy atom. The van der Waals surface area contributed by atoms with E-state index in [4.69, 9.17) is 27.9 Å². The lowest BCUT2D eigenvalue weighted by Gasteiger charge is -2.20. The molecule has 0 aliphatic heterocycles. The van der Waals surface area contributed by atoms with Crippen LogP contribution in [0, 0.1) is 0 Å². The third kappa shape index (κ3) is 6.08. The van der Waals surface area contributed by atoms with Gasteiger partial charge in [0.15, 0.2) is 6.61 Å². The number of ether oxygens (including phenoxy) is 1. The smallest absolute Gasteiger partial charge is 0.338 e. The lowest BCUT2D eigenvalue weighted by Crippen LogP contribution is -2.42. The second-order valence-corrected chi connectivity index (χ2v) is 5.38. The molecule has 1 aromatic rings. The summed E-state index contributed by atoms with van der Waals surface area (Å²) >= 11 is 11.6. The number of nitrogens with one attached hydrogen (secondary N) is 1. The summed E-state index contributed by atoms with van der Waals surface area (Å²) in [7, 11) is 0. The molecule has 1 rings (SSSR count). The fourth-order valence-corrected chi connectivity index (χ4v) is 2.03. The average Bonchev–Trinajstić information content (AvgIpc) is 2.52. The largest absolute Gasteiger partial charge is 0.452 e. The van der Waals surface area contributed by atoms with Crippen molar-refractivity contribution in [3.05, 3.63) is 33.8 Å². The van der Waals surface area contributed by atoms with Crippen molar-refractivity contribution in [3.63, 3.8) is 0 Å². The zero-order valence-corrected chi connectivity index (χ0v) is 14.4. The maximum absolute atomic E-state index is 12.0. The van der Waals surface area contributed by atoms with E-state index in [0.717, 1.165) is 0 Å². The Balaban J connectivity index is 2.57. The number of nitrogens with zero attached hydrogens (tertiary/aromatic N) is 1. The molecule has 6 nitrogen and oxygen atoms in total. The van der Waals surface area contributed by atoms with Gasteiger partial charge in [-0.2, -0.15) is 0 Å². The van der Waals surface area contributed by atoms with E-state index in [2.05, 4.69) is 5.32 Å². The van der Waals surface area contributed by atoms with Crippen LogP contribution in [-0.2, 0) is 14.3 Å². The monoisotopic (exact) mass is 360 g/mol. The predicted octanol–water partition coefficient (Wildman–Crippen LogP) is 2.13. The van der Waals surface area contributed by atoms with Gasteiger partial charge in [0.25, 0.3) is 5.91 Å². The van der Waals surface area contributed by atoms with E-state index in [9.17, 15) is 14.4 Å². The number of likely N-dealkylation sites (N-methyl/N-ethyl adjacent to an activating group) is 2. The van der Waals surface area contributed by atoms with Crippen molar-refractivity contribution in [3.8, 4) is 0 Å². The highest BCUT2D eigenvalue weighted by molar-refractivity contribution is 6.42. The van der Waals surface area contributed by atoms with Gasteiger partial charge in [0, 0.05) is 13.1 Å². The van der Waals surface area contributed by atoms with Gasteiger partial charge in [-0.05, 0) is 32.0 Å². The van der Waals surface area contributed by atoms with Crippen LogP contribution in [0.15, 0.2) is 18.2 Å². The first kappa shape index (κ1) is 19.3. The minimum absolute atomic E-state index is 0.0759. The van der Waals surface area contributed by atoms with Crippen LogP contribution in [0.1, 0.15) is 24.2 Å². The lowest BCUT2D eigenvalue weighted by atomic mass is 10.2. The second-order valence-electron chi connectivity index (χ2n) is 4.57. The van der Waals surface area contributed by atoms with Crippen LogP contribution in [0.3, 0.4) is 0 Å². The molecule has 0 aliphatic carbocycles. The van der Waals surface area contributed by atoms with Gasteiger partial charge in [-0.1, -0.05) is 23.2 Å². The molecule has 1 N–H and O–H groups in total. The van der Waals surface area contributed by atoms with Gasteiger partial charge in [0.1, 0.15) is 0 Å². The number of carbonyl (C=O) groups excluding carboxylic acids is 3. The van der Waals surface area contributed by atoms with Crippen LogP contribution in [0.4, 0.5) is 0 Å². The van der Waals surface area contributed by atoms with E-state index in [1.165, 1.54) is 23.1 Å². The molecule has 0 unspecified atom stereocenters. The van der Waals surface area contributed by atoms with Crippen molar-refractivity contribution in [2.24, 2.45) is 0 Å². The molecule has 23 heavy (non-hydrogen) atoms. The molecule has 8 heteroatoms. The van der Waals surface area contributed by atoms with Gasteiger partial charge in [-0.25, -0.2) is 4.79 Å². The van der Waals surface area contributed by atoms with Crippen molar-refractivity contribution in [1.82, 2.24) is 10.2 Å². The molecule has 126 valence electrons. The average molecular weight is 361 g/mol. The third-order valence-electron chi connectivity index (χ3n) is 2.92. The van der Waals surface area contributed by atoms with Crippen LogP contribution in [-0.4, -0.2) is 48.9 Å². The summed E-state index contributed by atoms with van der Waals surface area (Å²) in [6.45, 7) is 3.81. The van der Waals surface area contributed by atoms with Gasteiger partial charge >= 0.3 is 5.97 Å². The Hall–Kier alpha value is -1.79. The van der Waals surface area contributed by atoms with Gasteiger partial charge in [0.2, 0.25) is 5.91 Å². The van der Waals surface area contributed by atoms with Gasteiger partial charge < -0.3 is 15.0 Å². The maximum Gasteiger partial charge on any atom is 0.338 e. The van der Waals surface area contributed by atoms with Crippen LogP contribution in [0.25, 0.3) is 0 Å². The van der Waals surface area contributed by atoms with Crippen molar-refractivity contribution in [2.75, 3.05) is 26.2 Å². The third-order valence-corrected chi connectivity index (χ3v) is 3.66.